The highest BCUT2D eigenvalue weighted by Gasteiger charge is 2.38. The average Bonchev–Trinajstić information content (AvgIpc) is 3.12. The normalized spacial score (nSPS) is 23.7. The summed E-state index contributed by atoms with van der Waals surface area (Å²) in [5.74, 6) is -0.703. The number of benzene rings is 1. The monoisotopic (exact) mass is 388 g/mol. The number of nitrogens with two attached hydrogens (primary N) is 2. The lowest BCUT2D eigenvalue weighted by Gasteiger charge is -2.21. The van der Waals surface area contributed by atoms with Gasteiger partial charge in [0.15, 0.2) is 0 Å². The summed E-state index contributed by atoms with van der Waals surface area (Å²) in [6.07, 6.45) is 0.886. The van der Waals surface area contributed by atoms with Crippen molar-refractivity contribution < 1.29 is 18.0 Å². The largest absolute Gasteiger partial charge is 0.341 e. The summed E-state index contributed by atoms with van der Waals surface area (Å²) in [6.45, 7) is 1.37. The van der Waals surface area contributed by atoms with Crippen LogP contribution in [-0.2, 0) is 19.6 Å². The maximum atomic E-state index is 12.5. The van der Waals surface area contributed by atoms with Gasteiger partial charge in [0.25, 0.3) is 0 Å². The Bertz CT molecular complexity index is 785. The number of hydrogen-bond acceptors (Lipinski definition) is 5. The van der Waals surface area contributed by atoms with E-state index < -0.39 is 15.9 Å². The zero-order valence-electron chi connectivity index (χ0n) is 13.5. The van der Waals surface area contributed by atoms with E-state index in [9.17, 15) is 18.0 Å². The predicted molar refractivity (Wildman–Crippen MR) is 94.7 cm³/mol. The Morgan fingerprint density at radius 2 is 1.96 bits per heavy atom. The summed E-state index contributed by atoms with van der Waals surface area (Å²) in [5.41, 5.74) is 6.26. The number of amides is 2. The Morgan fingerprint density at radius 1 is 1.24 bits per heavy atom. The SMILES string of the molecule is Cl.NC1CCN(C(=O)C2CC(=O)N(c3cccc(S(N)(=O)=O)c3)C2)C1. The van der Waals surface area contributed by atoms with Crippen LogP contribution in [0.15, 0.2) is 29.2 Å². The van der Waals surface area contributed by atoms with E-state index in [0.29, 0.717) is 18.8 Å². The van der Waals surface area contributed by atoms with Crippen LogP contribution in [0.4, 0.5) is 5.69 Å². The highest BCUT2D eigenvalue weighted by Crippen LogP contribution is 2.28. The molecule has 2 aliphatic heterocycles. The fraction of sp³-hybridized carbons (Fsp3) is 0.467. The molecular formula is C15H21ClN4O4S. The van der Waals surface area contributed by atoms with Crippen LogP contribution in [0.2, 0.25) is 0 Å². The van der Waals surface area contributed by atoms with Crippen molar-refractivity contribution in [3.63, 3.8) is 0 Å². The van der Waals surface area contributed by atoms with Gasteiger partial charge in [0.1, 0.15) is 0 Å². The number of hydrogen-bond donors (Lipinski definition) is 2. The van der Waals surface area contributed by atoms with Crippen molar-refractivity contribution in [2.45, 2.75) is 23.8 Å². The molecule has 2 fully saturated rings. The van der Waals surface area contributed by atoms with Gasteiger partial charge in [-0.05, 0) is 24.6 Å². The molecular weight excluding hydrogens is 368 g/mol. The third kappa shape index (κ3) is 4.12. The van der Waals surface area contributed by atoms with Crippen LogP contribution in [0.3, 0.4) is 0 Å². The van der Waals surface area contributed by atoms with E-state index in [4.69, 9.17) is 10.9 Å². The Hall–Kier alpha value is -1.68. The molecule has 0 bridgehead atoms. The zero-order chi connectivity index (χ0) is 17.5. The number of nitrogens with zero attached hydrogens (tertiary/aromatic N) is 2. The van der Waals surface area contributed by atoms with E-state index in [1.54, 1.807) is 11.0 Å². The quantitative estimate of drug-likeness (QED) is 0.732. The summed E-state index contributed by atoms with van der Waals surface area (Å²) in [7, 11) is -3.85. The first kappa shape index (κ1) is 19.6. The summed E-state index contributed by atoms with van der Waals surface area (Å²) in [5, 5.41) is 5.13. The van der Waals surface area contributed by atoms with Crippen LogP contribution in [0.25, 0.3) is 0 Å². The van der Waals surface area contributed by atoms with Gasteiger partial charge < -0.3 is 15.5 Å². The third-order valence-electron chi connectivity index (χ3n) is 4.47. The van der Waals surface area contributed by atoms with Gasteiger partial charge >= 0.3 is 0 Å². The molecule has 0 saturated carbocycles. The van der Waals surface area contributed by atoms with Crippen LogP contribution in [0.5, 0.6) is 0 Å². The zero-order valence-corrected chi connectivity index (χ0v) is 15.1. The van der Waals surface area contributed by atoms with Crippen molar-refractivity contribution in [2.24, 2.45) is 16.8 Å². The summed E-state index contributed by atoms with van der Waals surface area (Å²) < 4.78 is 22.9. The van der Waals surface area contributed by atoms with Crippen LogP contribution < -0.4 is 15.8 Å². The van der Waals surface area contributed by atoms with E-state index >= 15 is 0 Å². The number of carbonyl (C=O) groups excluding carboxylic acids is 2. The number of halogens is 1. The molecule has 2 heterocycles. The van der Waals surface area contributed by atoms with Gasteiger partial charge in [-0.15, -0.1) is 12.4 Å². The molecule has 8 nitrogen and oxygen atoms in total. The number of likely N-dealkylation sites (tertiary alicyclic amines) is 1. The van der Waals surface area contributed by atoms with Crippen molar-refractivity contribution >= 4 is 39.9 Å². The molecule has 2 saturated heterocycles. The first-order valence-corrected chi connectivity index (χ1v) is 9.28. The minimum Gasteiger partial charge on any atom is -0.341 e. The molecule has 10 heteroatoms. The number of rotatable bonds is 3. The fourth-order valence-corrected chi connectivity index (χ4v) is 3.75. The molecule has 0 aromatic heterocycles. The molecule has 25 heavy (non-hydrogen) atoms. The third-order valence-corrected chi connectivity index (χ3v) is 5.38. The van der Waals surface area contributed by atoms with Gasteiger partial charge in [-0.25, -0.2) is 13.6 Å². The number of anilines is 1. The minimum atomic E-state index is -3.85. The smallest absolute Gasteiger partial charge is 0.238 e. The van der Waals surface area contributed by atoms with Crippen molar-refractivity contribution in [3.05, 3.63) is 24.3 Å². The van der Waals surface area contributed by atoms with Gasteiger partial charge in [0.05, 0.1) is 10.8 Å². The number of primary sulfonamides is 1. The minimum absolute atomic E-state index is 0. The van der Waals surface area contributed by atoms with Gasteiger partial charge in [-0.2, -0.15) is 0 Å². The molecule has 4 N–H and O–H groups in total. The molecule has 2 aliphatic rings. The number of sulfonamides is 1. The first-order valence-electron chi connectivity index (χ1n) is 7.73. The van der Waals surface area contributed by atoms with E-state index in [2.05, 4.69) is 0 Å². The molecule has 3 rings (SSSR count). The molecule has 1 aromatic rings. The standard InChI is InChI=1S/C15H20N4O4S.ClH/c16-11-4-5-18(9-11)15(21)10-6-14(20)19(8-10)12-2-1-3-13(7-12)24(17,22)23;/h1-3,7,10-11H,4-6,8-9,16H2,(H2,17,22,23);1H. The second kappa shape index (κ2) is 7.28. The maximum Gasteiger partial charge on any atom is 0.238 e. The van der Waals surface area contributed by atoms with Crippen LogP contribution in [0.1, 0.15) is 12.8 Å². The molecule has 0 radical (unpaired) electrons. The van der Waals surface area contributed by atoms with Gasteiger partial charge in [-0.3, -0.25) is 9.59 Å². The highest BCUT2D eigenvalue weighted by atomic mass is 35.5. The highest BCUT2D eigenvalue weighted by molar-refractivity contribution is 7.89. The molecule has 2 unspecified atom stereocenters. The lowest BCUT2D eigenvalue weighted by atomic mass is 10.1. The van der Waals surface area contributed by atoms with E-state index in [1.807, 2.05) is 0 Å². The van der Waals surface area contributed by atoms with Crippen LogP contribution in [0, 0.1) is 5.92 Å². The van der Waals surface area contributed by atoms with Crippen molar-refractivity contribution in [1.82, 2.24) is 4.90 Å². The van der Waals surface area contributed by atoms with E-state index in [-0.39, 0.29) is 48.1 Å². The molecule has 0 spiro atoms. The van der Waals surface area contributed by atoms with Crippen molar-refractivity contribution in [1.29, 1.82) is 0 Å². The van der Waals surface area contributed by atoms with Crippen LogP contribution in [-0.4, -0.2) is 50.8 Å². The predicted octanol–water partition coefficient (Wildman–Crippen LogP) is -0.332. The molecule has 1 aromatic carbocycles. The number of carbonyl (C=O) groups is 2. The topological polar surface area (TPSA) is 127 Å². The second-order valence-electron chi connectivity index (χ2n) is 6.28. The second-order valence-corrected chi connectivity index (χ2v) is 7.84. The van der Waals surface area contributed by atoms with Crippen molar-refractivity contribution in [3.8, 4) is 0 Å². The van der Waals surface area contributed by atoms with Crippen LogP contribution >= 0.6 is 12.4 Å². The maximum absolute atomic E-state index is 12.5. The molecule has 2 atom stereocenters. The fourth-order valence-electron chi connectivity index (χ4n) is 3.20. The van der Waals surface area contributed by atoms with Crippen molar-refractivity contribution in [2.75, 3.05) is 24.5 Å². The lowest BCUT2D eigenvalue weighted by molar-refractivity contribution is -0.134. The Kier molecular flexibility index (Phi) is 5.72. The summed E-state index contributed by atoms with van der Waals surface area (Å²) >= 11 is 0. The Labute approximate surface area is 152 Å². The Balaban J connectivity index is 0.00000225. The van der Waals surface area contributed by atoms with Gasteiger partial charge in [0, 0.05) is 37.8 Å². The molecule has 2 amide bonds. The molecule has 0 aliphatic carbocycles. The Morgan fingerprint density at radius 3 is 2.56 bits per heavy atom. The van der Waals surface area contributed by atoms with E-state index in [1.165, 1.54) is 23.1 Å². The summed E-state index contributed by atoms with van der Waals surface area (Å²) in [6, 6.07) is 5.87. The molecule has 138 valence electrons. The average molecular weight is 389 g/mol. The van der Waals surface area contributed by atoms with Gasteiger partial charge in [-0.1, -0.05) is 6.07 Å². The first-order chi connectivity index (χ1) is 11.3. The summed E-state index contributed by atoms with van der Waals surface area (Å²) in [4.78, 5) is 27.9. The lowest BCUT2D eigenvalue weighted by Crippen LogP contribution is -2.37. The van der Waals surface area contributed by atoms with Gasteiger partial charge in [0.2, 0.25) is 21.8 Å². The van der Waals surface area contributed by atoms with E-state index in [0.717, 1.165) is 6.42 Å².